The summed E-state index contributed by atoms with van der Waals surface area (Å²) in [7, 11) is 1.82. The van der Waals surface area contributed by atoms with Gasteiger partial charge in [0.1, 0.15) is 0 Å². The molecule has 0 unspecified atom stereocenters. The number of rotatable bonds is 5. The quantitative estimate of drug-likeness (QED) is 0.799. The lowest BCUT2D eigenvalue weighted by molar-refractivity contribution is -0.137. The Bertz CT molecular complexity index is 366. The van der Waals surface area contributed by atoms with E-state index >= 15 is 0 Å². The summed E-state index contributed by atoms with van der Waals surface area (Å²) >= 11 is 5.51. The molecule has 0 aliphatic heterocycles. The summed E-state index contributed by atoms with van der Waals surface area (Å²) in [6.07, 6.45) is -3.58. The molecule has 0 aliphatic carbocycles. The van der Waals surface area contributed by atoms with Gasteiger partial charge >= 0.3 is 6.18 Å². The van der Waals surface area contributed by atoms with Gasteiger partial charge in [-0.3, -0.25) is 0 Å². The van der Waals surface area contributed by atoms with Gasteiger partial charge in [0.2, 0.25) is 0 Å². The van der Waals surface area contributed by atoms with Gasteiger partial charge < -0.3 is 10.6 Å². The smallest absolute Gasteiger partial charge is 0.385 e. The molecule has 0 heterocycles. The Hall–Kier alpha value is -0.940. The van der Waals surface area contributed by atoms with E-state index in [1.165, 1.54) is 12.1 Å². The molecule has 2 N–H and O–H groups in total. The number of hydrogen-bond acceptors (Lipinski definition) is 2. The third kappa shape index (κ3) is 4.44. The summed E-state index contributed by atoms with van der Waals surface area (Å²) in [5.41, 5.74) is -0.379. The van der Waals surface area contributed by atoms with Crippen molar-refractivity contribution >= 4 is 17.3 Å². The maximum absolute atomic E-state index is 12.5. The summed E-state index contributed by atoms with van der Waals surface area (Å²) in [4.78, 5) is 0. The monoisotopic (exact) mass is 266 g/mol. The van der Waals surface area contributed by atoms with Gasteiger partial charge in [-0.1, -0.05) is 11.6 Å². The van der Waals surface area contributed by atoms with E-state index in [2.05, 4.69) is 10.6 Å². The van der Waals surface area contributed by atoms with Crippen molar-refractivity contribution in [2.45, 2.75) is 12.6 Å². The van der Waals surface area contributed by atoms with Crippen LogP contribution in [0.3, 0.4) is 0 Å². The molecule has 6 heteroatoms. The number of benzene rings is 1. The highest BCUT2D eigenvalue weighted by molar-refractivity contribution is 6.31. The molecule has 0 radical (unpaired) electrons. The van der Waals surface area contributed by atoms with Crippen molar-refractivity contribution in [3.05, 3.63) is 28.8 Å². The van der Waals surface area contributed by atoms with Crippen LogP contribution in [0.4, 0.5) is 18.9 Å². The van der Waals surface area contributed by atoms with Crippen LogP contribution in [0.1, 0.15) is 12.0 Å². The Morgan fingerprint density at radius 2 is 1.94 bits per heavy atom. The average Bonchev–Trinajstić information content (AvgIpc) is 2.25. The summed E-state index contributed by atoms with van der Waals surface area (Å²) in [6.45, 7) is 1.42. The minimum Gasteiger partial charge on any atom is -0.385 e. The lowest BCUT2D eigenvalue weighted by Crippen LogP contribution is -2.13. The van der Waals surface area contributed by atoms with Gasteiger partial charge in [-0.2, -0.15) is 13.2 Å². The van der Waals surface area contributed by atoms with Crippen LogP contribution in [-0.2, 0) is 6.18 Å². The summed E-state index contributed by atoms with van der Waals surface area (Å²) < 4.78 is 37.6. The minimum absolute atomic E-state index is 0.279. The molecule has 0 spiro atoms. The first-order chi connectivity index (χ1) is 7.95. The highest BCUT2D eigenvalue weighted by Gasteiger charge is 2.33. The van der Waals surface area contributed by atoms with E-state index in [4.69, 9.17) is 11.6 Å². The highest BCUT2D eigenvalue weighted by atomic mass is 35.5. The van der Waals surface area contributed by atoms with E-state index in [-0.39, 0.29) is 5.02 Å². The molecule has 0 saturated carbocycles. The number of nitrogens with one attached hydrogen (secondary N) is 2. The Morgan fingerprint density at radius 1 is 1.24 bits per heavy atom. The second kappa shape index (κ2) is 6.12. The molecule has 96 valence electrons. The van der Waals surface area contributed by atoms with Gasteiger partial charge in [0, 0.05) is 12.2 Å². The maximum atomic E-state index is 12.5. The van der Waals surface area contributed by atoms with Crippen molar-refractivity contribution in [1.29, 1.82) is 0 Å². The fourth-order valence-electron chi connectivity index (χ4n) is 1.35. The van der Waals surface area contributed by atoms with Crippen LogP contribution in [0.25, 0.3) is 0 Å². The highest BCUT2D eigenvalue weighted by Crippen LogP contribution is 2.36. The first kappa shape index (κ1) is 14.1. The van der Waals surface area contributed by atoms with Crippen LogP contribution in [0.15, 0.2) is 18.2 Å². The third-order valence-electron chi connectivity index (χ3n) is 2.20. The van der Waals surface area contributed by atoms with Crippen LogP contribution in [0.2, 0.25) is 5.02 Å². The van der Waals surface area contributed by atoms with Crippen molar-refractivity contribution in [3.8, 4) is 0 Å². The van der Waals surface area contributed by atoms with Crippen LogP contribution < -0.4 is 10.6 Å². The van der Waals surface area contributed by atoms with Crippen LogP contribution in [0, 0.1) is 0 Å². The van der Waals surface area contributed by atoms with Crippen LogP contribution in [0.5, 0.6) is 0 Å². The lowest BCUT2D eigenvalue weighted by Gasteiger charge is -2.12. The van der Waals surface area contributed by atoms with E-state index in [1.54, 1.807) is 0 Å². The molecule has 0 bridgehead atoms. The van der Waals surface area contributed by atoms with Gasteiger partial charge in [-0.05, 0) is 38.2 Å². The second-order valence-electron chi connectivity index (χ2n) is 3.58. The van der Waals surface area contributed by atoms with Gasteiger partial charge in [0.05, 0.1) is 10.6 Å². The first-order valence-corrected chi connectivity index (χ1v) is 5.58. The van der Waals surface area contributed by atoms with E-state index in [0.717, 1.165) is 19.0 Å². The molecule has 0 saturated heterocycles. The van der Waals surface area contributed by atoms with Crippen molar-refractivity contribution in [1.82, 2.24) is 5.32 Å². The molecule has 0 fully saturated rings. The van der Waals surface area contributed by atoms with Crippen molar-refractivity contribution in [3.63, 3.8) is 0 Å². The molecule has 0 amide bonds. The number of anilines is 1. The van der Waals surface area contributed by atoms with E-state index in [1.807, 2.05) is 7.05 Å². The maximum Gasteiger partial charge on any atom is 0.417 e. The molecule has 1 aromatic carbocycles. The zero-order valence-electron chi connectivity index (χ0n) is 9.37. The summed E-state index contributed by atoms with van der Waals surface area (Å²) in [5.74, 6) is 0. The van der Waals surface area contributed by atoms with Gasteiger partial charge in [-0.25, -0.2) is 0 Å². The Balaban J connectivity index is 2.69. The standard InChI is InChI=1S/C11H14ClF3N2/c1-16-5-2-6-17-8-3-4-10(12)9(7-8)11(13,14)15/h3-4,7,16-17H,2,5-6H2,1H3. The number of halogens is 4. The van der Waals surface area contributed by atoms with Gasteiger partial charge in [-0.15, -0.1) is 0 Å². The molecular formula is C11H14ClF3N2. The fourth-order valence-corrected chi connectivity index (χ4v) is 1.58. The Labute approximate surface area is 103 Å². The topological polar surface area (TPSA) is 24.1 Å². The SMILES string of the molecule is CNCCCNc1ccc(Cl)c(C(F)(F)F)c1. The molecule has 0 aromatic heterocycles. The van der Waals surface area contributed by atoms with Gasteiger partial charge in [0.15, 0.2) is 0 Å². The number of hydrogen-bond donors (Lipinski definition) is 2. The lowest BCUT2D eigenvalue weighted by atomic mass is 10.2. The fraction of sp³-hybridized carbons (Fsp3) is 0.455. The van der Waals surface area contributed by atoms with Crippen LogP contribution in [-0.4, -0.2) is 20.1 Å². The summed E-state index contributed by atoms with van der Waals surface area (Å²) in [6, 6.07) is 3.82. The molecular weight excluding hydrogens is 253 g/mol. The van der Waals surface area contributed by atoms with Crippen molar-refractivity contribution in [2.24, 2.45) is 0 Å². The van der Waals surface area contributed by atoms with Gasteiger partial charge in [0.25, 0.3) is 0 Å². The van der Waals surface area contributed by atoms with Crippen LogP contribution >= 0.6 is 11.6 Å². The number of alkyl halides is 3. The van der Waals surface area contributed by atoms with E-state index < -0.39 is 11.7 Å². The predicted molar refractivity (Wildman–Crippen MR) is 63.5 cm³/mol. The molecule has 17 heavy (non-hydrogen) atoms. The molecule has 0 atom stereocenters. The zero-order chi connectivity index (χ0) is 12.9. The Kier molecular flexibility index (Phi) is 5.08. The normalized spacial score (nSPS) is 11.6. The predicted octanol–water partition coefficient (Wildman–Crippen LogP) is 3.38. The summed E-state index contributed by atoms with van der Waals surface area (Å²) in [5, 5.41) is 5.60. The zero-order valence-corrected chi connectivity index (χ0v) is 10.1. The van der Waals surface area contributed by atoms with E-state index in [9.17, 15) is 13.2 Å². The minimum atomic E-state index is -4.42. The van der Waals surface area contributed by atoms with Crippen molar-refractivity contribution < 1.29 is 13.2 Å². The second-order valence-corrected chi connectivity index (χ2v) is 3.98. The Morgan fingerprint density at radius 3 is 2.53 bits per heavy atom. The molecule has 1 rings (SSSR count). The largest absolute Gasteiger partial charge is 0.417 e. The molecule has 0 aliphatic rings. The third-order valence-corrected chi connectivity index (χ3v) is 2.53. The first-order valence-electron chi connectivity index (χ1n) is 5.20. The van der Waals surface area contributed by atoms with E-state index in [0.29, 0.717) is 12.2 Å². The average molecular weight is 267 g/mol. The molecule has 2 nitrogen and oxygen atoms in total. The van der Waals surface area contributed by atoms with Crippen molar-refractivity contribution in [2.75, 3.05) is 25.5 Å². The molecule has 1 aromatic rings.